The summed E-state index contributed by atoms with van der Waals surface area (Å²) in [7, 11) is 0. The summed E-state index contributed by atoms with van der Waals surface area (Å²) in [6, 6.07) is 5.97. The van der Waals surface area contributed by atoms with Gasteiger partial charge >= 0.3 is 6.18 Å². The van der Waals surface area contributed by atoms with Crippen molar-refractivity contribution >= 4 is 34.8 Å². The van der Waals surface area contributed by atoms with Crippen molar-refractivity contribution in [3.05, 3.63) is 46.5 Å². The first-order valence-corrected chi connectivity index (χ1v) is 13.6. The third-order valence-electron chi connectivity index (χ3n) is 7.36. The van der Waals surface area contributed by atoms with Crippen molar-refractivity contribution in [1.29, 1.82) is 0 Å². The smallest absolute Gasteiger partial charge is 0.416 e. The first-order chi connectivity index (χ1) is 18.1. The third kappa shape index (κ3) is 6.26. The van der Waals surface area contributed by atoms with Crippen LogP contribution >= 0.6 is 11.6 Å². The molecule has 0 atom stereocenters. The van der Waals surface area contributed by atoms with E-state index in [2.05, 4.69) is 10.2 Å². The second kappa shape index (κ2) is 11.9. The number of nitrogens with zero attached hydrogens (tertiary/aromatic N) is 2. The lowest BCUT2D eigenvalue weighted by Gasteiger charge is -2.26. The molecule has 2 amide bonds. The van der Waals surface area contributed by atoms with Gasteiger partial charge in [-0.3, -0.25) is 9.59 Å². The third-order valence-corrected chi connectivity index (χ3v) is 7.67. The Morgan fingerprint density at radius 3 is 2.39 bits per heavy atom. The van der Waals surface area contributed by atoms with E-state index in [1.54, 1.807) is 0 Å². The molecular weight excluding hydrogens is 519 g/mol. The molecule has 1 saturated carbocycles. The number of likely N-dealkylation sites (N-methyl/N-ethyl adjacent to an activating group) is 1. The van der Waals surface area contributed by atoms with Gasteiger partial charge in [0.05, 0.1) is 27.5 Å². The van der Waals surface area contributed by atoms with Gasteiger partial charge in [-0.25, -0.2) is 0 Å². The second-order valence-corrected chi connectivity index (χ2v) is 10.2. The molecule has 0 spiro atoms. The van der Waals surface area contributed by atoms with E-state index in [9.17, 15) is 22.8 Å². The van der Waals surface area contributed by atoms with Gasteiger partial charge in [0, 0.05) is 25.1 Å². The number of carbonyl (C=O) groups excluding carboxylic acids is 2. The molecule has 206 valence electrons. The maximum absolute atomic E-state index is 13.7. The minimum Gasteiger partial charge on any atom is -0.454 e. The van der Waals surface area contributed by atoms with E-state index >= 15 is 0 Å². The molecular formula is C28H33ClF3N3O3. The molecule has 0 aromatic heterocycles. The molecule has 2 aromatic carbocycles. The van der Waals surface area contributed by atoms with Gasteiger partial charge in [0.1, 0.15) is 5.75 Å². The number of anilines is 2. The molecule has 6 nitrogen and oxygen atoms in total. The molecule has 2 aromatic rings. The second-order valence-electron chi connectivity index (χ2n) is 9.77. The number of carbonyl (C=O) groups is 2. The number of nitrogens with one attached hydrogen (secondary N) is 1. The SMILES string of the molecule is CCN(CC)CCN1C(=O)c2cc(Cl)c(NC(=O)C3CCCCCC3)cc2Oc2cc(C(F)(F)F)ccc21. The number of benzene rings is 2. The standard InChI is InChI=1S/C28H33ClF3N3O3/c1-3-34(4-2)13-14-35-23-12-11-19(28(30,31)32)15-25(23)38-24-17-22(21(29)16-20(24)27(35)37)33-26(36)18-9-7-5-6-8-10-18/h11-12,15-18H,3-10,13-14H2,1-2H3,(H,33,36). The Hall–Kier alpha value is -2.78. The Bertz CT molecular complexity index is 1180. The van der Waals surface area contributed by atoms with Gasteiger partial charge < -0.3 is 19.9 Å². The van der Waals surface area contributed by atoms with Crippen LogP contribution in [-0.4, -0.2) is 42.9 Å². The maximum atomic E-state index is 13.7. The van der Waals surface area contributed by atoms with Crippen molar-refractivity contribution in [2.45, 2.75) is 58.5 Å². The van der Waals surface area contributed by atoms with Gasteiger partial charge in [0.15, 0.2) is 5.75 Å². The number of alkyl halides is 3. The van der Waals surface area contributed by atoms with Crippen LogP contribution in [0.5, 0.6) is 11.5 Å². The maximum Gasteiger partial charge on any atom is 0.416 e. The van der Waals surface area contributed by atoms with Crippen molar-refractivity contribution in [2.75, 3.05) is 36.4 Å². The van der Waals surface area contributed by atoms with Gasteiger partial charge in [-0.2, -0.15) is 13.2 Å². The van der Waals surface area contributed by atoms with Crippen LogP contribution in [0.2, 0.25) is 5.02 Å². The van der Waals surface area contributed by atoms with E-state index in [1.165, 1.54) is 23.1 Å². The zero-order chi connectivity index (χ0) is 27.4. The topological polar surface area (TPSA) is 61.9 Å². The summed E-state index contributed by atoms with van der Waals surface area (Å²) < 4.78 is 46.6. The summed E-state index contributed by atoms with van der Waals surface area (Å²) in [5.41, 5.74) is -0.262. The van der Waals surface area contributed by atoms with Crippen molar-refractivity contribution in [3.63, 3.8) is 0 Å². The fourth-order valence-corrected chi connectivity index (χ4v) is 5.26. The van der Waals surface area contributed by atoms with Gasteiger partial charge in [-0.05, 0) is 50.2 Å². The Morgan fingerprint density at radius 2 is 1.76 bits per heavy atom. The predicted molar refractivity (Wildman–Crippen MR) is 142 cm³/mol. The quantitative estimate of drug-likeness (QED) is 0.365. The summed E-state index contributed by atoms with van der Waals surface area (Å²) in [5.74, 6) is -0.777. The molecule has 0 bridgehead atoms. The number of amides is 2. The zero-order valence-corrected chi connectivity index (χ0v) is 22.4. The highest BCUT2D eigenvalue weighted by Crippen LogP contribution is 2.44. The van der Waals surface area contributed by atoms with Crippen LogP contribution in [-0.2, 0) is 11.0 Å². The molecule has 1 aliphatic carbocycles. The molecule has 10 heteroatoms. The lowest BCUT2D eigenvalue weighted by molar-refractivity contribution is -0.137. The van der Waals surface area contributed by atoms with E-state index < -0.39 is 17.6 Å². The summed E-state index contributed by atoms with van der Waals surface area (Å²) in [4.78, 5) is 30.2. The molecule has 0 unspecified atom stereocenters. The van der Waals surface area contributed by atoms with Crippen LogP contribution in [0, 0.1) is 5.92 Å². The lowest BCUT2D eigenvalue weighted by Crippen LogP contribution is -2.38. The molecule has 0 saturated heterocycles. The monoisotopic (exact) mass is 551 g/mol. The Balaban J connectivity index is 1.71. The largest absolute Gasteiger partial charge is 0.454 e. The number of halogens is 4. The van der Waals surface area contributed by atoms with Gasteiger partial charge in [0.2, 0.25) is 5.91 Å². The van der Waals surface area contributed by atoms with E-state index in [1.807, 2.05) is 13.8 Å². The molecule has 0 radical (unpaired) electrons. The van der Waals surface area contributed by atoms with E-state index in [-0.39, 0.29) is 51.8 Å². The highest BCUT2D eigenvalue weighted by atomic mass is 35.5. The Kier molecular flexibility index (Phi) is 8.88. The van der Waals surface area contributed by atoms with Crippen molar-refractivity contribution < 1.29 is 27.5 Å². The number of hydrogen-bond donors (Lipinski definition) is 1. The van der Waals surface area contributed by atoms with Crippen molar-refractivity contribution in [2.24, 2.45) is 5.92 Å². The highest BCUT2D eigenvalue weighted by molar-refractivity contribution is 6.34. The average molecular weight is 552 g/mol. The fraction of sp³-hybridized carbons (Fsp3) is 0.500. The van der Waals surface area contributed by atoms with Gasteiger partial charge in [0.25, 0.3) is 5.91 Å². The molecule has 1 heterocycles. The Morgan fingerprint density at radius 1 is 1.08 bits per heavy atom. The normalized spacial score (nSPS) is 16.4. The summed E-state index contributed by atoms with van der Waals surface area (Å²) in [5, 5.41) is 3.02. The Labute approximate surface area is 226 Å². The van der Waals surface area contributed by atoms with Crippen LogP contribution in [0.15, 0.2) is 30.3 Å². The minimum absolute atomic E-state index is 0.0430. The number of hydrogen-bond acceptors (Lipinski definition) is 4. The molecule has 1 aliphatic heterocycles. The van der Waals surface area contributed by atoms with E-state index in [0.29, 0.717) is 6.54 Å². The van der Waals surface area contributed by atoms with Gasteiger partial charge in [-0.1, -0.05) is 51.1 Å². The van der Waals surface area contributed by atoms with Crippen LogP contribution in [0.25, 0.3) is 0 Å². The number of rotatable bonds is 7. The van der Waals surface area contributed by atoms with Crippen molar-refractivity contribution in [3.8, 4) is 11.5 Å². The van der Waals surface area contributed by atoms with E-state index in [4.69, 9.17) is 16.3 Å². The average Bonchev–Trinajstić information content (AvgIpc) is 3.22. The molecule has 1 fully saturated rings. The van der Waals surface area contributed by atoms with Crippen LogP contribution < -0.4 is 15.0 Å². The van der Waals surface area contributed by atoms with Crippen LogP contribution in [0.3, 0.4) is 0 Å². The first kappa shape index (κ1) is 28.2. The summed E-state index contributed by atoms with van der Waals surface area (Å²) >= 11 is 6.51. The van der Waals surface area contributed by atoms with Gasteiger partial charge in [-0.15, -0.1) is 0 Å². The predicted octanol–water partition coefficient (Wildman–Crippen LogP) is 7.36. The van der Waals surface area contributed by atoms with Crippen molar-refractivity contribution in [1.82, 2.24) is 4.90 Å². The summed E-state index contributed by atoms with van der Waals surface area (Å²) in [6.07, 6.45) is 1.16. The summed E-state index contributed by atoms with van der Waals surface area (Å²) in [6.45, 7) is 6.31. The lowest BCUT2D eigenvalue weighted by atomic mass is 9.99. The first-order valence-electron chi connectivity index (χ1n) is 13.2. The fourth-order valence-electron chi connectivity index (χ4n) is 5.05. The van der Waals surface area contributed by atoms with Crippen LogP contribution in [0.4, 0.5) is 24.5 Å². The number of ether oxygens (including phenoxy) is 1. The molecule has 4 rings (SSSR count). The highest BCUT2D eigenvalue weighted by Gasteiger charge is 2.35. The van der Waals surface area contributed by atoms with E-state index in [0.717, 1.165) is 63.7 Å². The molecule has 1 N–H and O–H groups in total. The molecule has 38 heavy (non-hydrogen) atoms. The van der Waals surface area contributed by atoms with Crippen LogP contribution in [0.1, 0.15) is 68.3 Å². The minimum atomic E-state index is -4.58. The molecule has 2 aliphatic rings. The zero-order valence-electron chi connectivity index (χ0n) is 21.7. The number of fused-ring (bicyclic) bond motifs is 2.